The van der Waals surface area contributed by atoms with Crippen LogP contribution in [0.1, 0.15) is 48.5 Å². The first-order valence-electron chi connectivity index (χ1n) is 5.04. The van der Waals surface area contributed by atoms with Crippen LogP contribution in [0.15, 0.2) is 0 Å². The minimum Gasteiger partial charge on any atom is -0.414 e. The highest BCUT2D eigenvalue weighted by molar-refractivity contribution is 7.48. The van der Waals surface area contributed by atoms with Crippen molar-refractivity contribution < 1.29 is 9.32 Å². The van der Waals surface area contributed by atoms with Crippen LogP contribution in [-0.4, -0.2) is 17.0 Å². The van der Waals surface area contributed by atoms with Crippen molar-refractivity contribution in [3.63, 3.8) is 0 Å². The number of hydrogen-bond acceptors (Lipinski definition) is 4. The first-order valence-corrected chi connectivity index (χ1v) is 6.30. The average molecular weight is 234 g/mol. The molecular weight excluding hydrogens is 211 g/mol. The molecule has 0 saturated heterocycles. The van der Waals surface area contributed by atoms with Crippen molar-refractivity contribution in [2.24, 2.45) is 0 Å². The van der Waals surface area contributed by atoms with Gasteiger partial charge < -0.3 is 4.52 Å². The molecule has 0 aromatic heterocycles. The lowest BCUT2D eigenvalue weighted by atomic mass is 10.1. The van der Waals surface area contributed by atoms with E-state index >= 15 is 0 Å². The van der Waals surface area contributed by atoms with E-state index in [9.17, 15) is 4.79 Å². The van der Waals surface area contributed by atoms with Crippen LogP contribution in [0.3, 0.4) is 0 Å². The molecule has 0 aliphatic carbocycles. The average Bonchev–Trinajstić information content (AvgIpc) is 1.73. The van der Waals surface area contributed by atoms with Crippen LogP contribution in [-0.2, 0) is 9.32 Å². The van der Waals surface area contributed by atoms with E-state index in [-0.39, 0.29) is 17.0 Å². The monoisotopic (exact) mass is 234 g/mol. The third-order valence-corrected chi connectivity index (χ3v) is 3.28. The van der Waals surface area contributed by atoms with E-state index in [0.29, 0.717) is 0 Å². The smallest absolute Gasteiger partial charge is 0.307 e. The van der Waals surface area contributed by atoms with E-state index in [1.807, 2.05) is 41.5 Å². The van der Waals surface area contributed by atoms with Crippen LogP contribution in [0.2, 0.25) is 0 Å². The summed E-state index contributed by atoms with van der Waals surface area (Å²) in [4.78, 5) is 10.9. The van der Waals surface area contributed by atoms with E-state index in [2.05, 4.69) is 10.2 Å². The van der Waals surface area contributed by atoms with Crippen LogP contribution >= 0.6 is 8.45 Å². The number of rotatable bonds is 3. The topological polar surface area (TPSA) is 50.4 Å². The SMILES string of the molecule is CC(=O)OP(NC(C)(C)C)NC(C)(C)C. The maximum atomic E-state index is 10.9. The zero-order chi connectivity index (χ0) is 12.3. The van der Waals surface area contributed by atoms with Crippen LogP contribution < -0.4 is 10.2 Å². The Morgan fingerprint density at radius 3 is 1.53 bits per heavy atom. The molecule has 0 unspecified atom stereocenters. The second-order valence-corrected chi connectivity index (χ2v) is 6.82. The second kappa shape index (κ2) is 5.24. The predicted molar refractivity (Wildman–Crippen MR) is 64.5 cm³/mol. The molecule has 4 nitrogen and oxygen atoms in total. The normalized spacial score (nSPS) is 13.1. The third kappa shape index (κ3) is 10.1. The van der Waals surface area contributed by atoms with Crippen molar-refractivity contribution >= 4 is 14.4 Å². The summed E-state index contributed by atoms with van der Waals surface area (Å²) in [6.45, 7) is 13.6. The summed E-state index contributed by atoms with van der Waals surface area (Å²) < 4.78 is 5.21. The van der Waals surface area contributed by atoms with E-state index in [1.165, 1.54) is 6.92 Å². The maximum absolute atomic E-state index is 10.9. The van der Waals surface area contributed by atoms with Gasteiger partial charge in [0, 0.05) is 18.0 Å². The van der Waals surface area contributed by atoms with Gasteiger partial charge in [-0.15, -0.1) is 0 Å². The highest BCUT2D eigenvalue weighted by Crippen LogP contribution is 2.33. The molecule has 0 atom stereocenters. The summed E-state index contributed by atoms with van der Waals surface area (Å²) in [5, 5.41) is 6.51. The van der Waals surface area contributed by atoms with Gasteiger partial charge in [-0.1, -0.05) is 0 Å². The summed E-state index contributed by atoms with van der Waals surface area (Å²) in [7, 11) is -1.13. The molecule has 5 heteroatoms. The van der Waals surface area contributed by atoms with E-state index in [1.54, 1.807) is 0 Å². The number of carbonyl (C=O) groups is 1. The standard InChI is InChI=1S/C10H23N2O2P/c1-8(13)14-15(11-9(2,3)4)12-10(5,6)7/h11-12H,1-7H3. The van der Waals surface area contributed by atoms with Gasteiger partial charge in [0.15, 0.2) is 0 Å². The van der Waals surface area contributed by atoms with Crippen molar-refractivity contribution in [1.82, 2.24) is 10.2 Å². The Bertz CT molecular complexity index is 202. The fraction of sp³-hybridized carbons (Fsp3) is 0.900. The molecule has 0 aliphatic heterocycles. The molecule has 90 valence electrons. The number of carbonyl (C=O) groups excluding carboxylic acids is 1. The fourth-order valence-electron chi connectivity index (χ4n) is 0.811. The van der Waals surface area contributed by atoms with E-state index in [4.69, 9.17) is 4.52 Å². The summed E-state index contributed by atoms with van der Waals surface area (Å²) in [6, 6.07) is 0. The molecule has 0 amide bonds. The van der Waals surface area contributed by atoms with Gasteiger partial charge in [0.2, 0.25) is 8.45 Å². The lowest BCUT2D eigenvalue weighted by Gasteiger charge is -2.32. The van der Waals surface area contributed by atoms with E-state index in [0.717, 1.165) is 0 Å². The molecule has 0 saturated carbocycles. The largest absolute Gasteiger partial charge is 0.414 e. The Morgan fingerprint density at radius 1 is 1.00 bits per heavy atom. The molecule has 0 aliphatic rings. The Hall–Kier alpha value is -0.180. The first-order chi connectivity index (χ1) is 6.49. The van der Waals surface area contributed by atoms with Gasteiger partial charge in [-0.25, -0.2) is 10.2 Å². The first kappa shape index (κ1) is 14.8. The zero-order valence-electron chi connectivity index (χ0n) is 10.8. The second-order valence-electron chi connectivity index (χ2n) is 5.60. The number of nitrogens with one attached hydrogen (secondary N) is 2. The molecule has 0 spiro atoms. The van der Waals surface area contributed by atoms with Gasteiger partial charge in [0.25, 0.3) is 0 Å². The molecule has 0 bridgehead atoms. The van der Waals surface area contributed by atoms with Crippen molar-refractivity contribution in [3.8, 4) is 0 Å². The Balaban J connectivity index is 4.39. The summed E-state index contributed by atoms with van der Waals surface area (Å²) in [5.41, 5.74) is -0.168. The molecule has 15 heavy (non-hydrogen) atoms. The van der Waals surface area contributed by atoms with Crippen LogP contribution in [0, 0.1) is 0 Å². The minimum absolute atomic E-state index is 0.0839. The van der Waals surface area contributed by atoms with Crippen LogP contribution in [0.4, 0.5) is 0 Å². The molecule has 2 N–H and O–H groups in total. The molecule has 0 rings (SSSR count). The fourth-order valence-corrected chi connectivity index (χ4v) is 2.43. The lowest BCUT2D eigenvalue weighted by Crippen LogP contribution is -2.41. The lowest BCUT2D eigenvalue weighted by molar-refractivity contribution is -0.131. The summed E-state index contributed by atoms with van der Waals surface area (Å²) >= 11 is 0. The molecule has 0 aromatic rings. The molecule has 0 radical (unpaired) electrons. The van der Waals surface area contributed by atoms with E-state index < -0.39 is 8.45 Å². The van der Waals surface area contributed by atoms with Gasteiger partial charge >= 0.3 is 5.97 Å². The highest BCUT2D eigenvalue weighted by atomic mass is 31.2. The summed E-state index contributed by atoms with van der Waals surface area (Å²) in [5.74, 6) is -0.269. The van der Waals surface area contributed by atoms with Crippen molar-refractivity contribution in [2.45, 2.75) is 59.5 Å². The van der Waals surface area contributed by atoms with Gasteiger partial charge in [0.05, 0.1) is 0 Å². The molecule has 0 fully saturated rings. The van der Waals surface area contributed by atoms with Crippen LogP contribution in [0.5, 0.6) is 0 Å². The van der Waals surface area contributed by atoms with Gasteiger partial charge in [-0.3, -0.25) is 4.79 Å². The molecule has 0 heterocycles. The van der Waals surface area contributed by atoms with Gasteiger partial charge in [-0.2, -0.15) is 0 Å². The Morgan fingerprint density at radius 2 is 1.33 bits per heavy atom. The summed E-state index contributed by atoms with van der Waals surface area (Å²) in [6.07, 6.45) is 0. The Labute approximate surface area is 94.1 Å². The van der Waals surface area contributed by atoms with Crippen LogP contribution in [0.25, 0.3) is 0 Å². The van der Waals surface area contributed by atoms with Crippen molar-refractivity contribution in [3.05, 3.63) is 0 Å². The molecular formula is C10H23N2O2P. The number of hydrogen-bond donors (Lipinski definition) is 2. The minimum atomic E-state index is -1.13. The van der Waals surface area contributed by atoms with Gasteiger partial charge in [-0.05, 0) is 41.5 Å². The van der Waals surface area contributed by atoms with Gasteiger partial charge in [0.1, 0.15) is 0 Å². The Kier molecular flexibility index (Phi) is 5.18. The van der Waals surface area contributed by atoms with Crippen molar-refractivity contribution in [1.29, 1.82) is 0 Å². The maximum Gasteiger partial charge on any atom is 0.307 e. The van der Waals surface area contributed by atoms with Crippen molar-refractivity contribution in [2.75, 3.05) is 0 Å². The third-order valence-electron chi connectivity index (χ3n) is 1.09. The quantitative estimate of drug-likeness (QED) is 0.737. The zero-order valence-corrected chi connectivity index (χ0v) is 11.7. The molecule has 0 aromatic carbocycles. The highest BCUT2D eigenvalue weighted by Gasteiger charge is 2.24. The predicted octanol–water partition coefficient (Wildman–Crippen LogP) is 2.55.